The minimum absolute atomic E-state index is 0.156. The second-order valence-electron chi connectivity index (χ2n) is 3.95. The van der Waals surface area contributed by atoms with Gasteiger partial charge in [-0.15, -0.1) is 0 Å². The van der Waals surface area contributed by atoms with E-state index in [-0.39, 0.29) is 16.0 Å². The second-order valence-corrected chi connectivity index (χ2v) is 5.47. The molecule has 0 bridgehead atoms. The van der Waals surface area contributed by atoms with Crippen LogP contribution in [0.2, 0.25) is 20.6 Å². The molecule has 0 saturated carbocycles. The standard InChI is InChI=1S/C6H4Cl2N2O2.C6H5Cl2N/c1-3-2-4(7)9-6(8)5(3)10(11)12;1-4-2-5(7)9-6(8)3-4/h2H,1H3;2-3H,1H3. The van der Waals surface area contributed by atoms with Gasteiger partial charge in [-0.1, -0.05) is 46.4 Å². The molecule has 0 radical (unpaired) electrons. The third kappa shape index (κ3) is 5.63. The fourth-order valence-electron chi connectivity index (χ4n) is 1.39. The number of rotatable bonds is 1. The lowest BCUT2D eigenvalue weighted by atomic mass is 10.2. The molecule has 2 aromatic rings. The lowest BCUT2D eigenvalue weighted by Gasteiger charge is -1.98. The molecule has 9 heteroatoms. The largest absolute Gasteiger partial charge is 0.309 e. The van der Waals surface area contributed by atoms with Crippen LogP contribution < -0.4 is 0 Å². The van der Waals surface area contributed by atoms with Gasteiger partial charge in [-0.25, -0.2) is 9.97 Å². The minimum Gasteiger partial charge on any atom is -0.258 e. The molecule has 2 rings (SSSR count). The van der Waals surface area contributed by atoms with Crippen LogP contribution >= 0.6 is 46.4 Å². The van der Waals surface area contributed by atoms with Crippen LogP contribution in [-0.2, 0) is 0 Å². The van der Waals surface area contributed by atoms with Crippen molar-refractivity contribution < 1.29 is 4.92 Å². The molecule has 2 aromatic heterocycles. The summed E-state index contributed by atoms with van der Waals surface area (Å²) in [5, 5.41) is 11.3. The van der Waals surface area contributed by atoms with Crippen molar-refractivity contribution in [2.75, 3.05) is 0 Å². The van der Waals surface area contributed by atoms with Gasteiger partial charge < -0.3 is 0 Å². The van der Waals surface area contributed by atoms with E-state index in [1.165, 1.54) is 6.07 Å². The highest BCUT2D eigenvalue weighted by molar-refractivity contribution is 6.34. The molecule has 5 nitrogen and oxygen atoms in total. The summed E-state index contributed by atoms with van der Waals surface area (Å²) in [5.41, 5.74) is 1.24. The third-order valence-electron chi connectivity index (χ3n) is 2.20. The predicted molar refractivity (Wildman–Crippen MR) is 84.6 cm³/mol. The van der Waals surface area contributed by atoms with E-state index in [1.54, 1.807) is 19.1 Å². The lowest BCUT2D eigenvalue weighted by molar-refractivity contribution is -0.385. The summed E-state index contributed by atoms with van der Waals surface area (Å²) in [6.07, 6.45) is 0. The van der Waals surface area contributed by atoms with E-state index >= 15 is 0 Å². The number of pyridine rings is 2. The van der Waals surface area contributed by atoms with Crippen LogP contribution in [0.25, 0.3) is 0 Å². The summed E-state index contributed by atoms with van der Waals surface area (Å²) in [5.74, 6) is 0. The normalized spacial score (nSPS) is 9.81. The number of hydrogen-bond donors (Lipinski definition) is 0. The molecule has 0 amide bonds. The van der Waals surface area contributed by atoms with Crippen molar-refractivity contribution in [2.24, 2.45) is 0 Å². The maximum absolute atomic E-state index is 10.4. The molecule has 2 heterocycles. The van der Waals surface area contributed by atoms with Gasteiger partial charge in [0.25, 0.3) is 0 Å². The summed E-state index contributed by atoms with van der Waals surface area (Å²) >= 11 is 22.1. The zero-order chi connectivity index (χ0) is 16.2. The SMILES string of the molecule is Cc1cc(Cl)nc(Cl)c1.Cc1cc(Cl)nc(Cl)c1[N+](=O)[O-]. The van der Waals surface area contributed by atoms with Gasteiger partial charge in [-0.3, -0.25) is 10.1 Å². The highest BCUT2D eigenvalue weighted by Crippen LogP contribution is 2.27. The van der Waals surface area contributed by atoms with Gasteiger partial charge in [0.2, 0.25) is 5.15 Å². The highest BCUT2D eigenvalue weighted by Gasteiger charge is 2.17. The minimum atomic E-state index is -0.582. The maximum atomic E-state index is 10.4. The molecule has 0 aromatic carbocycles. The van der Waals surface area contributed by atoms with Gasteiger partial charge in [0, 0.05) is 5.56 Å². The molecule has 0 spiro atoms. The summed E-state index contributed by atoms with van der Waals surface area (Å²) in [7, 11) is 0. The Bertz CT molecular complexity index is 606. The number of nitro groups is 1. The molecule has 0 N–H and O–H groups in total. The molecule has 112 valence electrons. The van der Waals surface area contributed by atoms with E-state index in [2.05, 4.69) is 9.97 Å². The van der Waals surface area contributed by atoms with Crippen LogP contribution in [0, 0.1) is 24.0 Å². The summed E-state index contributed by atoms with van der Waals surface area (Å²) in [4.78, 5) is 17.1. The van der Waals surface area contributed by atoms with Crippen LogP contribution in [-0.4, -0.2) is 14.9 Å². The zero-order valence-electron chi connectivity index (χ0n) is 10.9. The van der Waals surface area contributed by atoms with E-state index in [4.69, 9.17) is 46.4 Å². The fourth-order valence-corrected chi connectivity index (χ4v) is 2.56. The third-order valence-corrected chi connectivity index (χ3v) is 3.04. The molecule has 0 aliphatic rings. The van der Waals surface area contributed by atoms with Crippen molar-refractivity contribution in [3.8, 4) is 0 Å². The second kappa shape index (κ2) is 7.75. The number of halogens is 4. The topological polar surface area (TPSA) is 68.9 Å². The Balaban J connectivity index is 0.000000219. The van der Waals surface area contributed by atoms with E-state index < -0.39 is 4.92 Å². The molecule has 0 atom stereocenters. The average molecular weight is 369 g/mol. The van der Waals surface area contributed by atoms with Crippen LogP contribution in [0.5, 0.6) is 0 Å². The van der Waals surface area contributed by atoms with E-state index in [1.807, 2.05) is 6.92 Å². The summed E-state index contributed by atoms with van der Waals surface area (Å²) in [6.45, 7) is 3.47. The van der Waals surface area contributed by atoms with Crippen LogP contribution in [0.4, 0.5) is 5.69 Å². The monoisotopic (exact) mass is 367 g/mol. The number of nitrogens with zero attached hydrogens (tertiary/aromatic N) is 3. The molecule has 0 saturated heterocycles. The van der Waals surface area contributed by atoms with Crippen molar-refractivity contribution in [2.45, 2.75) is 13.8 Å². The smallest absolute Gasteiger partial charge is 0.258 e. The molecule has 0 aliphatic heterocycles. The molecular formula is C12H9Cl4N3O2. The van der Waals surface area contributed by atoms with Gasteiger partial charge in [0.05, 0.1) is 4.92 Å². The number of hydrogen-bond acceptors (Lipinski definition) is 4. The van der Waals surface area contributed by atoms with Crippen molar-refractivity contribution in [1.82, 2.24) is 9.97 Å². The van der Waals surface area contributed by atoms with Gasteiger partial charge in [0.15, 0.2) is 0 Å². The van der Waals surface area contributed by atoms with Crippen LogP contribution in [0.3, 0.4) is 0 Å². The Labute approximate surface area is 141 Å². The number of aromatic nitrogens is 2. The zero-order valence-corrected chi connectivity index (χ0v) is 13.9. The number of aryl methyl sites for hydroxylation is 2. The summed E-state index contributed by atoms with van der Waals surface area (Å²) < 4.78 is 0. The first-order valence-corrected chi connectivity index (χ1v) is 6.98. The van der Waals surface area contributed by atoms with Gasteiger partial charge >= 0.3 is 5.69 Å². The molecule has 21 heavy (non-hydrogen) atoms. The average Bonchev–Trinajstić information content (AvgIpc) is 2.24. The van der Waals surface area contributed by atoms with Crippen molar-refractivity contribution in [1.29, 1.82) is 0 Å². The first-order valence-electron chi connectivity index (χ1n) is 5.47. The Morgan fingerprint density at radius 1 is 0.952 bits per heavy atom. The Hall–Kier alpha value is -1.14. The Kier molecular flexibility index (Phi) is 6.61. The van der Waals surface area contributed by atoms with Gasteiger partial charge in [-0.2, -0.15) is 0 Å². The fraction of sp³-hybridized carbons (Fsp3) is 0.167. The Morgan fingerprint density at radius 2 is 1.43 bits per heavy atom. The van der Waals surface area contributed by atoms with Gasteiger partial charge in [-0.05, 0) is 37.6 Å². The maximum Gasteiger partial charge on any atom is 0.309 e. The van der Waals surface area contributed by atoms with Crippen molar-refractivity contribution in [3.05, 3.63) is 60.1 Å². The van der Waals surface area contributed by atoms with E-state index in [0.717, 1.165) is 5.56 Å². The molecule has 0 aliphatic carbocycles. The van der Waals surface area contributed by atoms with Crippen LogP contribution in [0.1, 0.15) is 11.1 Å². The quantitative estimate of drug-likeness (QED) is 0.389. The predicted octanol–water partition coefficient (Wildman–Crippen LogP) is 5.30. The lowest BCUT2D eigenvalue weighted by Crippen LogP contribution is -1.94. The van der Waals surface area contributed by atoms with Crippen molar-refractivity contribution in [3.63, 3.8) is 0 Å². The van der Waals surface area contributed by atoms with E-state index in [9.17, 15) is 10.1 Å². The van der Waals surface area contributed by atoms with Crippen LogP contribution in [0.15, 0.2) is 18.2 Å². The highest BCUT2D eigenvalue weighted by atomic mass is 35.5. The Morgan fingerprint density at radius 3 is 1.81 bits per heavy atom. The summed E-state index contributed by atoms with van der Waals surface area (Å²) in [6, 6.07) is 4.91. The first kappa shape index (κ1) is 17.9. The first-order chi connectivity index (χ1) is 9.70. The van der Waals surface area contributed by atoms with Crippen molar-refractivity contribution >= 4 is 52.1 Å². The molecule has 0 unspecified atom stereocenters. The molecular weight excluding hydrogens is 360 g/mol. The molecule has 0 fully saturated rings. The van der Waals surface area contributed by atoms with Gasteiger partial charge in [0.1, 0.15) is 15.5 Å². The van der Waals surface area contributed by atoms with E-state index in [0.29, 0.717) is 15.9 Å².